The summed E-state index contributed by atoms with van der Waals surface area (Å²) in [6.07, 6.45) is 4.98. The fourth-order valence-electron chi connectivity index (χ4n) is 6.21. The molecule has 0 radical (unpaired) electrons. The predicted octanol–water partition coefficient (Wildman–Crippen LogP) is 3.30. The molecule has 1 aliphatic heterocycles. The highest BCUT2D eigenvalue weighted by Crippen LogP contribution is 2.61. The number of phenols is 1. The molecule has 1 unspecified atom stereocenters. The van der Waals surface area contributed by atoms with Crippen molar-refractivity contribution in [2.45, 2.75) is 83.1 Å². The predicted molar refractivity (Wildman–Crippen MR) is 104 cm³/mol. The largest absolute Gasteiger partial charge is 0.508 e. The maximum atomic E-state index is 14.0. The molecule has 27 heavy (non-hydrogen) atoms. The topological polar surface area (TPSA) is 61.8 Å². The Balaban J connectivity index is 1.89. The van der Waals surface area contributed by atoms with Crippen LogP contribution in [0.4, 0.5) is 0 Å². The normalized spacial score (nSPS) is 34.8. The van der Waals surface area contributed by atoms with Crippen LogP contribution in [0.15, 0.2) is 18.2 Å². The van der Waals surface area contributed by atoms with Crippen molar-refractivity contribution in [1.82, 2.24) is 10.2 Å². The number of benzene rings is 1. The number of aromatic hydroxyl groups is 1. The Hall–Kier alpha value is -1.59. The molecule has 4 rings (SSSR count). The van der Waals surface area contributed by atoms with Gasteiger partial charge in [-0.3, -0.25) is 10.1 Å². The molecule has 5 nitrogen and oxygen atoms in total. The Kier molecular flexibility index (Phi) is 4.13. The van der Waals surface area contributed by atoms with Crippen molar-refractivity contribution in [2.24, 2.45) is 5.41 Å². The number of nitrogens with one attached hydrogen (secondary N) is 1. The zero-order valence-electron chi connectivity index (χ0n) is 17.1. The second-order valence-corrected chi connectivity index (χ2v) is 9.44. The van der Waals surface area contributed by atoms with Gasteiger partial charge in [0, 0.05) is 18.6 Å². The van der Waals surface area contributed by atoms with Crippen molar-refractivity contribution in [3.63, 3.8) is 0 Å². The van der Waals surface area contributed by atoms with Crippen molar-refractivity contribution in [3.05, 3.63) is 29.3 Å². The Morgan fingerprint density at radius 2 is 1.93 bits per heavy atom. The molecule has 1 aromatic carbocycles. The summed E-state index contributed by atoms with van der Waals surface area (Å²) in [6.45, 7) is 8.34. The molecule has 1 saturated carbocycles. The van der Waals surface area contributed by atoms with Crippen molar-refractivity contribution in [1.29, 1.82) is 0 Å². The minimum atomic E-state index is -0.770. The molecule has 1 atom stereocenters. The molecule has 0 aromatic heterocycles. The first-order chi connectivity index (χ1) is 12.7. The van der Waals surface area contributed by atoms with Crippen LogP contribution in [0, 0.1) is 5.41 Å². The number of carbonyl (C=O) groups excluding carboxylic acids is 1. The summed E-state index contributed by atoms with van der Waals surface area (Å²) in [5.41, 5.74) is 0.776. The van der Waals surface area contributed by atoms with Gasteiger partial charge in [0.15, 0.2) is 0 Å². The van der Waals surface area contributed by atoms with Gasteiger partial charge < -0.3 is 14.7 Å². The molecule has 2 N–H and O–H groups in total. The second-order valence-electron chi connectivity index (χ2n) is 9.44. The van der Waals surface area contributed by atoms with E-state index in [1.165, 1.54) is 5.56 Å². The van der Waals surface area contributed by atoms with Crippen LogP contribution in [0.3, 0.4) is 0 Å². The summed E-state index contributed by atoms with van der Waals surface area (Å²) in [5.74, 6) is 0.383. The Morgan fingerprint density at radius 3 is 2.48 bits per heavy atom. The Bertz CT molecular complexity index is 765. The van der Waals surface area contributed by atoms with Crippen molar-refractivity contribution < 1.29 is 14.6 Å². The van der Waals surface area contributed by atoms with Gasteiger partial charge in [-0.05, 0) is 83.1 Å². The minimum absolute atomic E-state index is 0.105. The number of phenolic OH excluding ortho intramolecular Hbond substituents is 1. The monoisotopic (exact) mass is 372 g/mol. The number of hydrogen-bond acceptors (Lipinski definition) is 4. The summed E-state index contributed by atoms with van der Waals surface area (Å²) in [6, 6.07) is 5.67. The SMILES string of the molecule is COC1CCC2(CC1)Cc1ccc(O)cc1C21NC(C)(C)N(C(C)C)C1=O. The van der Waals surface area contributed by atoms with Crippen LogP contribution >= 0.6 is 0 Å². The van der Waals surface area contributed by atoms with Crippen molar-refractivity contribution >= 4 is 5.91 Å². The number of hydrogen-bond donors (Lipinski definition) is 2. The highest BCUT2D eigenvalue weighted by atomic mass is 16.5. The molecule has 0 bridgehead atoms. The molecule has 1 amide bonds. The lowest BCUT2D eigenvalue weighted by molar-refractivity contribution is -0.142. The molecule has 148 valence electrons. The Labute approximate surface area is 162 Å². The number of nitrogens with zero attached hydrogens (tertiary/aromatic N) is 1. The lowest BCUT2D eigenvalue weighted by atomic mass is 9.61. The van der Waals surface area contributed by atoms with Gasteiger partial charge in [-0.1, -0.05) is 6.07 Å². The number of fused-ring (bicyclic) bond motifs is 3. The summed E-state index contributed by atoms with van der Waals surface area (Å²) in [5, 5.41) is 14.0. The van der Waals surface area contributed by atoms with Crippen LogP contribution in [0.25, 0.3) is 0 Å². The molecule has 1 aromatic rings. The zero-order valence-corrected chi connectivity index (χ0v) is 17.1. The van der Waals surface area contributed by atoms with Crippen LogP contribution in [0.5, 0.6) is 5.75 Å². The van der Waals surface area contributed by atoms with Crippen LogP contribution < -0.4 is 5.32 Å². The molecule has 1 saturated heterocycles. The van der Waals surface area contributed by atoms with E-state index in [0.29, 0.717) is 0 Å². The van der Waals surface area contributed by atoms with Gasteiger partial charge in [-0.25, -0.2) is 0 Å². The van der Waals surface area contributed by atoms with Gasteiger partial charge in [0.25, 0.3) is 0 Å². The Morgan fingerprint density at radius 1 is 1.26 bits per heavy atom. The maximum absolute atomic E-state index is 14.0. The summed E-state index contributed by atoms with van der Waals surface area (Å²) < 4.78 is 5.61. The molecular weight excluding hydrogens is 340 g/mol. The van der Waals surface area contributed by atoms with Crippen molar-refractivity contribution in [3.8, 4) is 5.75 Å². The fourth-order valence-corrected chi connectivity index (χ4v) is 6.21. The van der Waals surface area contributed by atoms with E-state index in [-0.39, 0.29) is 29.2 Å². The van der Waals surface area contributed by atoms with Crippen LogP contribution in [0.2, 0.25) is 0 Å². The van der Waals surface area contributed by atoms with Crippen molar-refractivity contribution in [2.75, 3.05) is 7.11 Å². The standard InChI is InChI=1S/C22H32N2O3/c1-14(2)24-19(26)22(23-20(24,3)4)18-12-16(25)7-6-15(18)13-21(22)10-8-17(27-5)9-11-21/h6-7,12,14,17,23,25H,8-11,13H2,1-5H3. The lowest BCUT2D eigenvalue weighted by Crippen LogP contribution is -2.58. The summed E-state index contributed by atoms with van der Waals surface area (Å²) >= 11 is 0. The molecular formula is C22H32N2O3. The fraction of sp³-hybridized carbons (Fsp3) is 0.682. The third kappa shape index (κ3) is 2.40. The van der Waals surface area contributed by atoms with E-state index in [9.17, 15) is 9.90 Å². The highest BCUT2D eigenvalue weighted by molar-refractivity contribution is 5.94. The smallest absolute Gasteiger partial charge is 0.249 e. The molecule has 2 aliphatic carbocycles. The molecule has 5 heteroatoms. The lowest BCUT2D eigenvalue weighted by Gasteiger charge is -2.47. The van der Waals surface area contributed by atoms with E-state index >= 15 is 0 Å². The number of carbonyl (C=O) groups is 1. The zero-order chi connectivity index (χ0) is 19.6. The number of methoxy groups -OCH3 is 1. The summed E-state index contributed by atoms with van der Waals surface area (Å²) in [7, 11) is 1.78. The van der Waals surface area contributed by atoms with Gasteiger partial charge >= 0.3 is 0 Å². The van der Waals surface area contributed by atoms with Gasteiger partial charge in [-0.2, -0.15) is 0 Å². The average Bonchev–Trinajstić information content (AvgIpc) is 2.98. The molecule has 2 spiro atoms. The number of amides is 1. The number of ether oxygens (including phenoxy) is 1. The first-order valence-electron chi connectivity index (χ1n) is 10.2. The number of rotatable bonds is 2. The average molecular weight is 373 g/mol. The highest BCUT2D eigenvalue weighted by Gasteiger charge is 2.69. The first kappa shape index (κ1) is 18.8. The van der Waals surface area contributed by atoms with Gasteiger partial charge in [0.05, 0.1) is 11.8 Å². The van der Waals surface area contributed by atoms with E-state index in [2.05, 4.69) is 33.0 Å². The van der Waals surface area contributed by atoms with E-state index in [1.807, 2.05) is 17.0 Å². The molecule has 3 aliphatic rings. The van der Waals surface area contributed by atoms with Gasteiger partial charge in [0.1, 0.15) is 11.3 Å². The van der Waals surface area contributed by atoms with E-state index < -0.39 is 11.2 Å². The van der Waals surface area contributed by atoms with Gasteiger partial charge in [0.2, 0.25) is 5.91 Å². The van der Waals surface area contributed by atoms with Gasteiger partial charge in [-0.15, -0.1) is 0 Å². The first-order valence-corrected chi connectivity index (χ1v) is 10.2. The van der Waals surface area contributed by atoms with Crippen LogP contribution in [-0.2, 0) is 21.5 Å². The maximum Gasteiger partial charge on any atom is 0.249 e. The van der Waals surface area contributed by atoms with E-state index in [4.69, 9.17) is 4.74 Å². The molecule has 2 fully saturated rings. The minimum Gasteiger partial charge on any atom is -0.508 e. The summed E-state index contributed by atoms with van der Waals surface area (Å²) in [4.78, 5) is 16.0. The third-order valence-electron chi connectivity index (χ3n) is 7.20. The third-order valence-corrected chi connectivity index (χ3v) is 7.20. The molecule has 1 heterocycles. The van der Waals surface area contributed by atoms with Crippen LogP contribution in [-0.4, -0.2) is 40.8 Å². The quantitative estimate of drug-likeness (QED) is 0.836. The van der Waals surface area contributed by atoms with Crippen LogP contribution in [0.1, 0.15) is 64.5 Å². The van der Waals surface area contributed by atoms with E-state index in [1.54, 1.807) is 13.2 Å². The van der Waals surface area contributed by atoms with E-state index in [0.717, 1.165) is 37.7 Å². The second kappa shape index (κ2) is 5.95.